The van der Waals surface area contributed by atoms with Gasteiger partial charge >= 0.3 is 5.69 Å². The summed E-state index contributed by atoms with van der Waals surface area (Å²) in [5.41, 5.74) is 0.379. The zero-order valence-corrected chi connectivity index (χ0v) is 15.1. The fourth-order valence-corrected chi connectivity index (χ4v) is 3.54. The predicted molar refractivity (Wildman–Crippen MR) is 99.1 cm³/mol. The number of nitro groups is 1. The van der Waals surface area contributed by atoms with Gasteiger partial charge in [-0.1, -0.05) is 23.2 Å². The second-order valence-corrected chi connectivity index (χ2v) is 6.85. The minimum absolute atomic E-state index is 0.117. The van der Waals surface area contributed by atoms with Crippen molar-refractivity contribution in [1.29, 1.82) is 0 Å². The number of hydrogen-bond donors (Lipinski definition) is 1. The van der Waals surface area contributed by atoms with Crippen molar-refractivity contribution in [2.24, 2.45) is 0 Å². The number of halogens is 2. The number of benzene rings is 1. The van der Waals surface area contributed by atoms with Crippen molar-refractivity contribution < 1.29 is 4.92 Å². The number of rotatable bonds is 4. The molecule has 1 aromatic heterocycles. The molecule has 7 nitrogen and oxygen atoms in total. The second-order valence-electron chi connectivity index (χ2n) is 5.97. The third-order valence-corrected chi connectivity index (χ3v) is 4.62. The van der Waals surface area contributed by atoms with Crippen molar-refractivity contribution >= 4 is 46.2 Å². The molecule has 9 heteroatoms. The van der Waals surface area contributed by atoms with E-state index in [1.165, 1.54) is 6.33 Å². The Morgan fingerprint density at radius 2 is 1.96 bits per heavy atom. The van der Waals surface area contributed by atoms with E-state index in [2.05, 4.69) is 22.2 Å². The van der Waals surface area contributed by atoms with Crippen LogP contribution in [0.2, 0.25) is 10.0 Å². The average Bonchev–Trinajstić information content (AvgIpc) is 2.54. The molecule has 25 heavy (non-hydrogen) atoms. The minimum atomic E-state index is -0.453. The van der Waals surface area contributed by atoms with Crippen molar-refractivity contribution in [3.63, 3.8) is 0 Å². The Kier molecular flexibility index (Phi) is 5.24. The standard InChI is InChI=1S/C16H17Cl2N5O2/c1-10-4-2-3-5-22(10)16-14(23(24)25)15(19-9-20-16)21-13-7-11(17)6-12(18)8-13/h6-10H,2-5H2,1H3,(H,19,20,21). The van der Waals surface area contributed by atoms with Crippen LogP contribution in [-0.4, -0.2) is 27.5 Å². The topological polar surface area (TPSA) is 84.2 Å². The van der Waals surface area contributed by atoms with Crippen LogP contribution in [0.15, 0.2) is 24.5 Å². The Morgan fingerprint density at radius 1 is 1.24 bits per heavy atom. The van der Waals surface area contributed by atoms with Gasteiger partial charge in [-0.25, -0.2) is 9.97 Å². The zero-order valence-electron chi connectivity index (χ0n) is 13.6. The van der Waals surface area contributed by atoms with E-state index in [4.69, 9.17) is 23.2 Å². The maximum absolute atomic E-state index is 11.7. The van der Waals surface area contributed by atoms with Gasteiger partial charge in [0.2, 0.25) is 11.6 Å². The molecule has 1 aliphatic heterocycles. The van der Waals surface area contributed by atoms with Crippen LogP contribution in [0.1, 0.15) is 26.2 Å². The first kappa shape index (κ1) is 17.7. The van der Waals surface area contributed by atoms with Gasteiger partial charge in [0.05, 0.1) is 4.92 Å². The maximum Gasteiger partial charge on any atom is 0.353 e. The number of hydrogen-bond acceptors (Lipinski definition) is 6. The number of nitrogens with one attached hydrogen (secondary N) is 1. The average molecular weight is 382 g/mol. The van der Waals surface area contributed by atoms with E-state index in [-0.39, 0.29) is 17.5 Å². The summed E-state index contributed by atoms with van der Waals surface area (Å²) in [5, 5.41) is 15.5. The van der Waals surface area contributed by atoms with E-state index in [1.807, 2.05) is 4.90 Å². The normalized spacial score (nSPS) is 17.4. The van der Waals surface area contributed by atoms with Crippen molar-refractivity contribution in [2.75, 3.05) is 16.8 Å². The van der Waals surface area contributed by atoms with Crippen molar-refractivity contribution in [3.05, 3.63) is 44.7 Å². The molecule has 1 aliphatic rings. The van der Waals surface area contributed by atoms with Gasteiger partial charge in [-0.15, -0.1) is 0 Å². The summed E-state index contributed by atoms with van der Waals surface area (Å²) in [6, 6.07) is 5.03. The summed E-state index contributed by atoms with van der Waals surface area (Å²) in [6.07, 6.45) is 4.41. The largest absolute Gasteiger partial charge is 0.353 e. The molecule has 1 unspecified atom stereocenters. The number of nitrogens with zero attached hydrogens (tertiary/aromatic N) is 4. The molecule has 0 radical (unpaired) electrons. The molecule has 1 saturated heterocycles. The van der Waals surface area contributed by atoms with Crippen LogP contribution < -0.4 is 10.2 Å². The Labute approximate surface area is 155 Å². The molecule has 1 fully saturated rings. The molecular formula is C16H17Cl2N5O2. The van der Waals surface area contributed by atoms with Crippen LogP contribution in [0.25, 0.3) is 0 Å². The van der Waals surface area contributed by atoms with E-state index >= 15 is 0 Å². The van der Waals surface area contributed by atoms with Crippen LogP contribution in [0.4, 0.5) is 23.0 Å². The lowest BCUT2D eigenvalue weighted by Gasteiger charge is -2.33. The number of aromatic nitrogens is 2. The quantitative estimate of drug-likeness (QED) is 0.603. The van der Waals surface area contributed by atoms with Gasteiger partial charge < -0.3 is 10.2 Å². The summed E-state index contributed by atoms with van der Waals surface area (Å²) < 4.78 is 0. The molecule has 1 N–H and O–H groups in total. The highest BCUT2D eigenvalue weighted by molar-refractivity contribution is 6.35. The predicted octanol–water partition coefficient (Wildman–Crippen LogP) is 4.81. The lowest BCUT2D eigenvalue weighted by molar-refractivity contribution is -0.383. The highest BCUT2D eigenvalue weighted by atomic mass is 35.5. The Bertz CT molecular complexity index is 782. The van der Waals surface area contributed by atoms with Gasteiger partial charge in [0.15, 0.2) is 0 Å². The van der Waals surface area contributed by atoms with Gasteiger partial charge in [-0.3, -0.25) is 10.1 Å². The first-order chi connectivity index (χ1) is 12.0. The summed E-state index contributed by atoms with van der Waals surface area (Å²) in [4.78, 5) is 21.5. The van der Waals surface area contributed by atoms with Crippen molar-refractivity contribution in [1.82, 2.24) is 9.97 Å². The highest BCUT2D eigenvalue weighted by Crippen LogP contribution is 2.37. The second kappa shape index (κ2) is 7.41. The third kappa shape index (κ3) is 3.93. The monoisotopic (exact) mass is 381 g/mol. The lowest BCUT2D eigenvalue weighted by atomic mass is 10.0. The molecular weight excluding hydrogens is 365 g/mol. The van der Waals surface area contributed by atoms with Crippen molar-refractivity contribution in [2.45, 2.75) is 32.2 Å². The highest BCUT2D eigenvalue weighted by Gasteiger charge is 2.30. The molecule has 2 heterocycles. The van der Waals surface area contributed by atoms with E-state index in [0.29, 0.717) is 21.6 Å². The van der Waals surface area contributed by atoms with Crippen LogP contribution in [0.5, 0.6) is 0 Å². The van der Waals surface area contributed by atoms with Gasteiger partial charge in [0, 0.05) is 28.3 Å². The van der Waals surface area contributed by atoms with Crippen LogP contribution in [-0.2, 0) is 0 Å². The molecule has 0 bridgehead atoms. The van der Waals surface area contributed by atoms with Crippen LogP contribution in [0, 0.1) is 10.1 Å². The summed E-state index contributed by atoms with van der Waals surface area (Å²) in [7, 11) is 0. The van der Waals surface area contributed by atoms with Crippen molar-refractivity contribution in [3.8, 4) is 0 Å². The first-order valence-corrected chi connectivity index (χ1v) is 8.70. The Hall–Kier alpha value is -2.12. The molecule has 0 saturated carbocycles. The molecule has 2 aromatic rings. The molecule has 0 spiro atoms. The van der Waals surface area contributed by atoms with E-state index in [1.54, 1.807) is 18.2 Å². The third-order valence-electron chi connectivity index (χ3n) is 4.19. The zero-order chi connectivity index (χ0) is 18.0. The maximum atomic E-state index is 11.7. The van der Waals surface area contributed by atoms with Gasteiger partial charge in [-0.05, 0) is 44.4 Å². The fraction of sp³-hybridized carbons (Fsp3) is 0.375. The molecule has 0 aliphatic carbocycles. The smallest absolute Gasteiger partial charge is 0.348 e. The number of anilines is 3. The van der Waals surface area contributed by atoms with E-state index < -0.39 is 4.92 Å². The molecule has 1 atom stereocenters. The number of piperidine rings is 1. The summed E-state index contributed by atoms with van der Waals surface area (Å²) in [6.45, 7) is 2.79. The fourth-order valence-electron chi connectivity index (χ4n) is 3.01. The molecule has 1 aromatic carbocycles. The van der Waals surface area contributed by atoms with E-state index in [9.17, 15) is 10.1 Å². The molecule has 3 rings (SSSR count). The van der Waals surface area contributed by atoms with E-state index in [0.717, 1.165) is 25.8 Å². The SMILES string of the molecule is CC1CCCCN1c1ncnc(Nc2cc(Cl)cc(Cl)c2)c1[N+](=O)[O-]. The molecule has 132 valence electrons. The van der Waals surface area contributed by atoms with Crippen LogP contribution in [0.3, 0.4) is 0 Å². The van der Waals surface area contributed by atoms with Gasteiger partial charge in [0.25, 0.3) is 0 Å². The van der Waals surface area contributed by atoms with Gasteiger partial charge in [-0.2, -0.15) is 0 Å². The lowest BCUT2D eigenvalue weighted by Crippen LogP contribution is -2.38. The summed E-state index contributed by atoms with van der Waals surface area (Å²) >= 11 is 12.0. The molecule has 0 amide bonds. The van der Waals surface area contributed by atoms with Gasteiger partial charge in [0.1, 0.15) is 6.33 Å². The van der Waals surface area contributed by atoms with Crippen LogP contribution >= 0.6 is 23.2 Å². The first-order valence-electron chi connectivity index (χ1n) is 7.95. The minimum Gasteiger partial charge on any atom is -0.348 e. The summed E-state index contributed by atoms with van der Waals surface area (Å²) in [5.74, 6) is 0.453. The Balaban J connectivity index is 2.02. The Morgan fingerprint density at radius 3 is 2.60 bits per heavy atom.